The predicted octanol–water partition coefficient (Wildman–Crippen LogP) is 0.550. The van der Waals surface area contributed by atoms with Crippen LogP contribution >= 0.6 is 11.3 Å². The molecular formula is C26H33N5O6S. The molecule has 2 aliphatic rings. The zero-order chi connectivity index (χ0) is 27.1. The third-order valence-corrected chi connectivity index (χ3v) is 7.61. The lowest BCUT2D eigenvalue weighted by atomic mass is 10.1. The average molecular weight is 544 g/mol. The second-order valence-corrected chi connectivity index (χ2v) is 10.4. The highest BCUT2D eigenvalue weighted by Crippen LogP contribution is 2.23. The number of nitrogens with one attached hydrogen (secondary N) is 3. The third kappa shape index (κ3) is 6.87. The maximum atomic E-state index is 13.2. The average Bonchev–Trinajstić information content (AvgIpc) is 3.55. The molecule has 3 atom stereocenters. The standard InChI is InChI=1S/C26H33N5O6S/c1-16-15-38-23(28-16)9-4-10-27-25(35)19-12-22(33)29-20(13-32)26(36)31-11-5-6-17(31)14-37-21-8-3-2-7-18(21)24(34)30-19/h2-3,7-8,15,17,19-20,32H,4-6,9-14H2,1H3,(H,27,35)(H,29,33)(H,30,34)/t17-,19+,20+/m1/s1. The number of benzene rings is 1. The third-order valence-electron chi connectivity index (χ3n) is 6.58. The summed E-state index contributed by atoms with van der Waals surface area (Å²) in [5.41, 5.74) is 1.18. The second kappa shape index (κ2) is 12.8. The Hall–Kier alpha value is -3.51. The van der Waals surface area contributed by atoms with Gasteiger partial charge in [0.2, 0.25) is 17.7 Å². The number of aromatic nitrogens is 1. The number of ether oxygens (including phenoxy) is 1. The van der Waals surface area contributed by atoms with Crippen LogP contribution in [-0.2, 0) is 20.8 Å². The van der Waals surface area contributed by atoms with Crippen molar-refractivity contribution in [2.45, 2.75) is 57.2 Å². The number of para-hydroxylation sites is 1. The molecule has 0 aliphatic carbocycles. The van der Waals surface area contributed by atoms with Crippen LogP contribution in [0.1, 0.15) is 46.7 Å². The molecule has 0 unspecified atom stereocenters. The summed E-state index contributed by atoms with van der Waals surface area (Å²) in [4.78, 5) is 58.3. The highest BCUT2D eigenvalue weighted by Gasteiger charge is 2.35. The van der Waals surface area contributed by atoms with Crippen LogP contribution in [0.3, 0.4) is 0 Å². The number of carbonyl (C=O) groups excluding carboxylic acids is 4. The lowest BCUT2D eigenvalue weighted by molar-refractivity contribution is -0.139. The number of aliphatic hydroxyl groups excluding tert-OH is 1. The predicted molar refractivity (Wildman–Crippen MR) is 140 cm³/mol. The summed E-state index contributed by atoms with van der Waals surface area (Å²) in [6, 6.07) is 4.05. The Labute approximate surface area is 225 Å². The van der Waals surface area contributed by atoms with E-state index in [1.54, 1.807) is 40.5 Å². The normalized spacial score (nSPS) is 22.4. The smallest absolute Gasteiger partial charge is 0.255 e. The Morgan fingerprint density at radius 2 is 2.08 bits per heavy atom. The Bertz CT molecular complexity index is 1170. The summed E-state index contributed by atoms with van der Waals surface area (Å²) in [6.45, 7) is 2.30. The van der Waals surface area contributed by atoms with E-state index in [1.165, 1.54) is 0 Å². The van der Waals surface area contributed by atoms with Gasteiger partial charge in [-0.15, -0.1) is 11.3 Å². The lowest BCUT2D eigenvalue weighted by Gasteiger charge is -2.29. The fourth-order valence-electron chi connectivity index (χ4n) is 4.63. The van der Waals surface area contributed by atoms with Gasteiger partial charge in [-0.25, -0.2) is 4.98 Å². The van der Waals surface area contributed by atoms with Gasteiger partial charge in [0.05, 0.1) is 29.6 Å². The van der Waals surface area contributed by atoms with E-state index in [4.69, 9.17) is 4.74 Å². The molecular weight excluding hydrogens is 510 g/mol. The largest absolute Gasteiger partial charge is 0.491 e. The molecule has 12 heteroatoms. The quantitative estimate of drug-likeness (QED) is 0.389. The summed E-state index contributed by atoms with van der Waals surface area (Å²) in [5, 5.41) is 20.7. The van der Waals surface area contributed by atoms with Gasteiger partial charge in [-0.05, 0) is 38.3 Å². The van der Waals surface area contributed by atoms with E-state index < -0.39 is 48.7 Å². The van der Waals surface area contributed by atoms with E-state index in [-0.39, 0.29) is 18.2 Å². The Kier molecular flexibility index (Phi) is 9.29. The fraction of sp³-hybridized carbons (Fsp3) is 0.500. The number of hydrogen-bond acceptors (Lipinski definition) is 8. The van der Waals surface area contributed by atoms with E-state index in [0.717, 1.165) is 17.1 Å². The van der Waals surface area contributed by atoms with Gasteiger partial charge < -0.3 is 30.7 Å². The van der Waals surface area contributed by atoms with Crippen LogP contribution in [0.25, 0.3) is 0 Å². The van der Waals surface area contributed by atoms with Crippen LogP contribution in [0, 0.1) is 6.92 Å². The molecule has 0 radical (unpaired) electrons. The molecule has 204 valence electrons. The molecule has 4 amide bonds. The number of aliphatic hydroxyl groups is 1. The van der Waals surface area contributed by atoms with E-state index in [1.807, 2.05) is 12.3 Å². The summed E-state index contributed by atoms with van der Waals surface area (Å²) >= 11 is 1.56. The monoisotopic (exact) mass is 543 g/mol. The van der Waals surface area contributed by atoms with Crippen LogP contribution < -0.4 is 20.7 Å². The van der Waals surface area contributed by atoms with E-state index in [9.17, 15) is 24.3 Å². The zero-order valence-electron chi connectivity index (χ0n) is 21.3. The van der Waals surface area contributed by atoms with Crippen LogP contribution in [0.5, 0.6) is 5.75 Å². The van der Waals surface area contributed by atoms with E-state index >= 15 is 0 Å². The molecule has 1 fully saturated rings. The first-order valence-electron chi connectivity index (χ1n) is 12.8. The van der Waals surface area contributed by atoms with Gasteiger partial charge in [0.15, 0.2) is 0 Å². The first-order valence-corrected chi connectivity index (χ1v) is 13.7. The van der Waals surface area contributed by atoms with Gasteiger partial charge in [0, 0.05) is 30.6 Å². The van der Waals surface area contributed by atoms with E-state index in [2.05, 4.69) is 20.9 Å². The van der Waals surface area contributed by atoms with Crippen LogP contribution in [0.2, 0.25) is 0 Å². The van der Waals surface area contributed by atoms with Crippen molar-refractivity contribution in [3.05, 3.63) is 45.9 Å². The summed E-state index contributed by atoms with van der Waals surface area (Å²) in [6.07, 6.45) is 2.40. The first-order chi connectivity index (χ1) is 18.4. The van der Waals surface area contributed by atoms with Gasteiger partial charge in [-0.1, -0.05) is 12.1 Å². The molecule has 4 rings (SSSR count). The van der Waals surface area contributed by atoms with Crippen molar-refractivity contribution in [1.82, 2.24) is 25.8 Å². The maximum absolute atomic E-state index is 13.2. The number of carbonyl (C=O) groups is 4. The SMILES string of the molecule is Cc1csc(CCCNC(=O)[C@@H]2CC(=O)N[C@@H](CO)C(=O)N3CCC[C@@H]3COc3ccccc3C(=O)N2)n1. The van der Waals surface area contributed by atoms with Gasteiger partial charge in [0.1, 0.15) is 24.4 Å². The van der Waals surface area contributed by atoms with Crippen LogP contribution in [0.4, 0.5) is 0 Å². The topological polar surface area (TPSA) is 150 Å². The number of nitrogens with zero attached hydrogens (tertiary/aromatic N) is 2. The molecule has 0 saturated carbocycles. The second-order valence-electron chi connectivity index (χ2n) is 9.44. The minimum Gasteiger partial charge on any atom is -0.491 e. The van der Waals surface area contributed by atoms with Gasteiger partial charge in [-0.3, -0.25) is 19.2 Å². The van der Waals surface area contributed by atoms with Gasteiger partial charge in [-0.2, -0.15) is 0 Å². The van der Waals surface area contributed by atoms with Crippen molar-refractivity contribution in [1.29, 1.82) is 0 Å². The Morgan fingerprint density at radius 3 is 2.84 bits per heavy atom. The lowest BCUT2D eigenvalue weighted by Crippen LogP contribution is -2.55. The Balaban J connectivity index is 1.50. The molecule has 2 aromatic rings. The molecule has 1 saturated heterocycles. The summed E-state index contributed by atoms with van der Waals surface area (Å²) in [5.74, 6) is -1.79. The van der Waals surface area contributed by atoms with E-state index in [0.29, 0.717) is 38.1 Å². The molecule has 0 spiro atoms. The summed E-state index contributed by atoms with van der Waals surface area (Å²) < 4.78 is 5.96. The number of hydrogen-bond donors (Lipinski definition) is 4. The minimum atomic E-state index is -1.20. The molecule has 1 aromatic carbocycles. The van der Waals surface area contributed by atoms with Crippen molar-refractivity contribution in [3.8, 4) is 5.75 Å². The molecule has 2 aliphatic heterocycles. The number of thiazole rings is 1. The number of rotatable bonds is 6. The van der Waals surface area contributed by atoms with Crippen molar-refractivity contribution in [2.24, 2.45) is 0 Å². The molecule has 4 N–H and O–H groups in total. The number of aryl methyl sites for hydroxylation is 2. The van der Waals surface area contributed by atoms with Crippen molar-refractivity contribution in [3.63, 3.8) is 0 Å². The van der Waals surface area contributed by atoms with Crippen molar-refractivity contribution in [2.75, 3.05) is 26.3 Å². The minimum absolute atomic E-state index is 0.157. The summed E-state index contributed by atoms with van der Waals surface area (Å²) in [7, 11) is 0. The molecule has 38 heavy (non-hydrogen) atoms. The van der Waals surface area contributed by atoms with Crippen molar-refractivity contribution >= 4 is 35.0 Å². The number of fused-ring (bicyclic) bond motifs is 2. The fourth-order valence-corrected chi connectivity index (χ4v) is 5.44. The highest BCUT2D eigenvalue weighted by atomic mass is 32.1. The Morgan fingerprint density at radius 1 is 1.26 bits per heavy atom. The van der Waals surface area contributed by atoms with Crippen LogP contribution in [-0.4, -0.2) is 83.0 Å². The zero-order valence-corrected chi connectivity index (χ0v) is 22.1. The number of amides is 4. The van der Waals surface area contributed by atoms with Gasteiger partial charge in [0.25, 0.3) is 5.91 Å². The molecule has 0 bridgehead atoms. The molecule has 11 nitrogen and oxygen atoms in total. The van der Waals surface area contributed by atoms with Gasteiger partial charge >= 0.3 is 0 Å². The first kappa shape index (κ1) is 27.5. The van der Waals surface area contributed by atoms with Crippen LogP contribution in [0.15, 0.2) is 29.6 Å². The molecule has 3 heterocycles. The molecule has 1 aromatic heterocycles. The maximum Gasteiger partial charge on any atom is 0.255 e. The highest BCUT2D eigenvalue weighted by molar-refractivity contribution is 7.09. The van der Waals surface area contributed by atoms with Crippen molar-refractivity contribution < 1.29 is 29.0 Å².